The first kappa shape index (κ1) is 25.5. The summed E-state index contributed by atoms with van der Waals surface area (Å²) >= 11 is 6.09. The van der Waals surface area contributed by atoms with Gasteiger partial charge in [0.2, 0.25) is 0 Å². The van der Waals surface area contributed by atoms with Gasteiger partial charge in [0, 0.05) is 24.5 Å². The molecule has 1 amide bonds. The summed E-state index contributed by atoms with van der Waals surface area (Å²) in [4.78, 5) is 23.4. The summed E-state index contributed by atoms with van der Waals surface area (Å²) in [5, 5.41) is 23.8. The van der Waals surface area contributed by atoms with E-state index in [1.807, 2.05) is 5.32 Å². The molecule has 0 bridgehead atoms. The molecular formula is C19H17ClF2KN3O5. The summed E-state index contributed by atoms with van der Waals surface area (Å²) in [6.45, 7) is 2.12. The number of nitrogens with one attached hydrogen (secondary N) is 1. The standard InChI is InChI=1S/C19H16ClF2N3O5.K.H/c1-2-25-8-12(17(27)28)14(9-25)23-18(29)19(21,22)7-13-15(20)16(30-24-13)10-3-5-11(26)6-4-10;;/h3-6,8-9,26H,2,7H2,1H3,(H,23,29)(H,27,28);;/q;+1;-1. The van der Waals surface area contributed by atoms with E-state index in [-0.39, 0.29) is 86.3 Å². The largest absolute Gasteiger partial charge is 1.00 e. The quantitative estimate of drug-likeness (QED) is 0.438. The molecule has 160 valence electrons. The number of carboxylic acid groups (broad SMARTS) is 1. The van der Waals surface area contributed by atoms with Crippen LogP contribution in [-0.4, -0.2) is 37.7 Å². The Morgan fingerprint density at radius 3 is 2.52 bits per heavy atom. The van der Waals surface area contributed by atoms with Crippen molar-refractivity contribution in [3.8, 4) is 17.1 Å². The molecule has 3 aromatic rings. The normalized spacial score (nSPS) is 11.1. The summed E-state index contributed by atoms with van der Waals surface area (Å²) in [6.07, 6.45) is 1.33. The van der Waals surface area contributed by atoms with Crippen molar-refractivity contribution >= 4 is 29.2 Å². The molecule has 0 aliphatic rings. The SMILES string of the molecule is CCn1cc(NC(=O)C(F)(F)Cc2noc(-c3ccc(O)cc3)c2Cl)c(C(=O)O)c1.[H-].[K+]. The summed E-state index contributed by atoms with van der Waals surface area (Å²) in [5.41, 5.74) is -0.499. The fraction of sp³-hybridized carbons (Fsp3) is 0.211. The number of carbonyl (C=O) groups excluding carboxylic acids is 1. The molecule has 0 saturated heterocycles. The third-order valence-corrected chi connectivity index (χ3v) is 4.66. The average Bonchev–Trinajstić information content (AvgIpc) is 3.26. The van der Waals surface area contributed by atoms with Crippen molar-refractivity contribution in [3.05, 3.63) is 52.9 Å². The van der Waals surface area contributed by atoms with E-state index in [4.69, 9.17) is 16.1 Å². The van der Waals surface area contributed by atoms with Crippen LogP contribution < -0.4 is 56.7 Å². The topological polar surface area (TPSA) is 118 Å². The number of aryl methyl sites for hydroxylation is 1. The van der Waals surface area contributed by atoms with Gasteiger partial charge in [-0.05, 0) is 31.2 Å². The van der Waals surface area contributed by atoms with Crippen molar-refractivity contribution in [2.45, 2.75) is 25.8 Å². The minimum absolute atomic E-state index is 0. The molecule has 8 nitrogen and oxygen atoms in total. The molecule has 0 spiro atoms. The fourth-order valence-electron chi connectivity index (χ4n) is 2.68. The van der Waals surface area contributed by atoms with E-state index >= 15 is 0 Å². The third kappa shape index (κ3) is 5.73. The molecule has 1 aromatic carbocycles. The van der Waals surface area contributed by atoms with Gasteiger partial charge in [-0.3, -0.25) is 4.79 Å². The summed E-state index contributed by atoms with van der Waals surface area (Å²) in [6, 6.07) is 5.64. The minimum Gasteiger partial charge on any atom is -1.00 e. The number of aromatic hydroxyl groups is 1. The predicted octanol–water partition coefficient (Wildman–Crippen LogP) is 1.15. The number of hydrogen-bond acceptors (Lipinski definition) is 5. The number of nitrogens with zero attached hydrogens (tertiary/aromatic N) is 2. The molecule has 0 fully saturated rings. The van der Waals surface area contributed by atoms with E-state index in [2.05, 4.69) is 5.16 Å². The number of phenolic OH excluding ortho intramolecular Hbond substituents is 1. The van der Waals surface area contributed by atoms with E-state index < -0.39 is 24.2 Å². The van der Waals surface area contributed by atoms with Gasteiger partial charge < -0.3 is 26.0 Å². The van der Waals surface area contributed by atoms with Gasteiger partial charge in [-0.2, -0.15) is 8.78 Å². The number of aromatic nitrogens is 2. The molecule has 2 heterocycles. The van der Waals surface area contributed by atoms with E-state index in [1.54, 1.807) is 6.92 Å². The third-order valence-electron chi connectivity index (χ3n) is 4.27. The van der Waals surface area contributed by atoms with Crippen molar-refractivity contribution in [1.82, 2.24) is 9.72 Å². The Morgan fingerprint density at radius 2 is 1.94 bits per heavy atom. The van der Waals surface area contributed by atoms with Gasteiger partial charge in [-0.25, -0.2) is 4.79 Å². The average molecular weight is 480 g/mol. The number of phenols is 1. The number of amides is 1. The number of halogens is 3. The van der Waals surface area contributed by atoms with Crippen LogP contribution in [0.2, 0.25) is 5.02 Å². The smallest absolute Gasteiger partial charge is 1.00 e. The maximum Gasteiger partial charge on any atom is 1.00 e. The van der Waals surface area contributed by atoms with Gasteiger partial charge in [0.05, 0.1) is 12.1 Å². The molecular weight excluding hydrogens is 463 g/mol. The zero-order valence-corrected chi connectivity index (χ0v) is 20.4. The van der Waals surface area contributed by atoms with Crippen LogP contribution in [-0.2, 0) is 17.8 Å². The van der Waals surface area contributed by atoms with Crippen LogP contribution in [0.25, 0.3) is 11.3 Å². The molecule has 3 N–H and O–H groups in total. The van der Waals surface area contributed by atoms with Gasteiger partial charge in [0.25, 0.3) is 5.91 Å². The number of anilines is 1. The second-order valence-electron chi connectivity index (χ2n) is 6.38. The molecule has 0 aliphatic heterocycles. The molecule has 31 heavy (non-hydrogen) atoms. The first-order valence-corrected chi connectivity index (χ1v) is 9.06. The zero-order chi connectivity index (χ0) is 22.1. The molecule has 2 aromatic heterocycles. The molecule has 0 radical (unpaired) electrons. The number of aromatic carboxylic acids is 1. The maximum absolute atomic E-state index is 14.5. The predicted molar refractivity (Wildman–Crippen MR) is 104 cm³/mol. The van der Waals surface area contributed by atoms with Crippen LogP contribution >= 0.6 is 11.6 Å². The Morgan fingerprint density at radius 1 is 1.29 bits per heavy atom. The number of carbonyl (C=O) groups is 2. The van der Waals surface area contributed by atoms with Gasteiger partial charge in [0.1, 0.15) is 22.0 Å². The Balaban J connectivity index is 0.00000256. The Kier molecular flexibility index (Phi) is 8.42. The summed E-state index contributed by atoms with van der Waals surface area (Å²) in [5.74, 6) is -7.01. The van der Waals surface area contributed by atoms with Gasteiger partial charge >= 0.3 is 63.3 Å². The minimum atomic E-state index is -3.95. The van der Waals surface area contributed by atoms with E-state index in [1.165, 1.54) is 41.2 Å². The van der Waals surface area contributed by atoms with Crippen molar-refractivity contribution < 1.29 is 85.9 Å². The maximum atomic E-state index is 14.5. The Labute approximate surface area is 224 Å². The summed E-state index contributed by atoms with van der Waals surface area (Å²) in [7, 11) is 0. The Bertz CT molecular complexity index is 1110. The van der Waals surface area contributed by atoms with Crippen LogP contribution in [0.1, 0.15) is 24.4 Å². The van der Waals surface area contributed by atoms with Crippen molar-refractivity contribution in [2.24, 2.45) is 0 Å². The molecule has 0 atom stereocenters. The van der Waals surface area contributed by atoms with Crippen LogP contribution in [0.4, 0.5) is 14.5 Å². The summed E-state index contributed by atoms with van der Waals surface area (Å²) < 4.78 is 35.5. The van der Waals surface area contributed by atoms with Crippen molar-refractivity contribution in [1.29, 1.82) is 0 Å². The van der Waals surface area contributed by atoms with Gasteiger partial charge in [0.15, 0.2) is 5.76 Å². The first-order valence-electron chi connectivity index (χ1n) is 8.68. The van der Waals surface area contributed by atoms with E-state index in [0.29, 0.717) is 12.1 Å². The zero-order valence-electron chi connectivity index (χ0n) is 17.5. The van der Waals surface area contributed by atoms with Crippen LogP contribution in [0.15, 0.2) is 41.2 Å². The molecule has 12 heteroatoms. The number of rotatable bonds is 7. The van der Waals surface area contributed by atoms with Gasteiger partial charge in [-0.1, -0.05) is 16.8 Å². The first-order chi connectivity index (χ1) is 14.1. The van der Waals surface area contributed by atoms with E-state index in [9.17, 15) is 28.6 Å². The molecule has 0 unspecified atom stereocenters. The van der Waals surface area contributed by atoms with Gasteiger partial charge in [-0.15, -0.1) is 0 Å². The van der Waals surface area contributed by atoms with Crippen molar-refractivity contribution in [2.75, 3.05) is 5.32 Å². The molecule has 0 saturated carbocycles. The van der Waals surface area contributed by atoms with Crippen LogP contribution in [0.3, 0.4) is 0 Å². The van der Waals surface area contributed by atoms with E-state index in [0.717, 1.165) is 0 Å². The monoisotopic (exact) mass is 479 g/mol. The van der Waals surface area contributed by atoms with Crippen molar-refractivity contribution in [3.63, 3.8) is 0 Å². The molecule has 0 aliphatic carbocycles. The molecule has 3 rings (SSSR count). The number of hydrogen-bond donors (Lipinski definition) is 3. The number of alkyl halides is 2. The van der Waals surface area contributed by atoms with Crippen LogP contribution in [0, 0.1) is 0 Å². The number of carboxylic acids is 1. The number of benzene rings is 1. The Hall–Kier alpha value is -1.76. The van der Waals surface area contributed by atoms with Crippen LogP contribution in [0.5, 0.6) is 5.75 Å². The fourth-order valence-corrected chi connectivity index (χ4v) is 2.92. The second-order valence-corrected chi connectivity index (χ2v) is 6.75. The second kappa shape index (κ2) is 10.2.